The molecule has 4 nitrogen and oxygen atoms in total. The molecule has 0 bridgehead atoms. The van der Waals surface area contributed by atoms with Gasteiger partial charge in [-0.05, 0) is 37.8 Å². The van der Waals surface area contributed by atoms with Gasteiger partial charge in [-0.3, -0.25) is 4.68 Å². The van der Waals surface area contributed by atoms with E-state index in [-0.39, 0.29) is 0 Å². The van der Waals surface area contributed by atoms with Gasteiger partial charge in [-0.25, -0.2) is 4.98 Å². The van der Waals surface area contributed by atoms with Crippen molar-refractivity contribution in [1.29, 1.82) is 0 Å². The van der Waals surface area contributed by atoms with Crippen LogP contribution in [0.3, 0.4) is 0 Å². The summed E-state index contributed by atoms with van der Waals surface area (Å²) in [7, 11) is 1.95. The molecule has 0 spiro atoms. The summed E-state index contributed by atoms with van der Waals surface area (Å²) in [6.07, 6.45) is 5.70. The van der Waals surface area contributed by atoms with E-state index in [9.17, 15) is 0 Å². The molecule has 0 fully saturated rings. The second-order valence-corrected chi connectivity index (χ2v) is 7.43. The van der Waals surface area contributed by atoms with Gasteiger partial charge >= 0.3 is 0 Å². The Balaban J connectivity index is 1.76. The molecule has 1 unspecified atom stereocenters. The van der Waals surface area contributed by atoms with Crippen molar-refractivity contribution in [2.24, 2.45) is 13.0 Å². The van der Waals surface area contributed by atoms with Crippen molar-refractivity contribution in [3.63, 3.8) is 0 Å². The van der Waals surface area contributed by atoms with Gasteiger partial charge < -0.3 is 5.32 Å². The number of nitrogens with zero attached hydrogens (tertiary/aromatic N) is 3. The minimum atomic E-state index is 0.571. The monoisotopic (exact) mass is 304 g/mol. The van der Waals surface area contributed by atoms with Crippen LogP contribution in [0.4, 0.5) is 0 Å². The number of nitrogens with one attached hydrogen (secondary N) is 1. The van der Waals surface area contributed by atoms with Crippen LogP contribution >= 0.6 is 11.3 Å². The van der Waals surface area contributed by atoms with Crippen LogP contribution in [0.5, 0.6) is 0 Å². The molecule has 3 rings (SSSR count). The van der Waals surface area contributed by atoms with Gasteiger partial charge in [0.05, 0.1) is 5.69 Å². The van der Waals surface area contributed by atoms with Crippen molar-refractivity contribution in [3.05, 3.63) is 22.8 Å². The zero-order chi connectivity index (χ0) is 14.8. The average molecular weight is 304 g/mol. The third kappa shape index (κ3) is 3.35. The van der Waals surface area contributed by atoms with Crippen LogP contribution in [0.15, 0.2) is 12.3 Å². The number of hydrogen-bond acceptors (Lipinski definition) is 4. The summed E-state index contributed by atoms with van der Waals surface area (Å²) < 4.78 is 1.84. The predicted octanol–water partition coefficient (Wildman–Crippen LogP) is 3.21. The lowest BCUT2D eigenvalue weighted by molar-refractivity contribution is 0.473. The highest BCUT2D eigenvalue weighted by molar-refractivity contribution is 7.15. The van der Waals surface area contributed by atoms with Gasteiger partial charge in [0.2, 0.25) is 0 Å². The highest BCUT2D eigenvalue weighted by Crippen LogP contribution is 2.37. The van der Waals surface area contributed by atoms with Crippen LogP contribution in [0.1, 0.15) is 43.2 Å². The second-order valence-electron chi connectivity index (χ2n) is 6.34. The minimum Gasteiger partial charge on any atom is -0.316 e. The van der Waals surface area contributed by atoms with E-state index in [1.807, 2.05) is 29.3 Å². The van der Waals surface area contributed by atoms with Gasteiger partial charge in [-0.15, -0.1) is 11.3 Å². The van der Waals surface area contributed by atoms with E-state index < -0.39 is 0 Å². The molecule has 0 aromatic carbocycles. The standard InChI is InChI=1S/C16H24N4S/c1-11(2)9-17-10-12-5-4-6-14-15(12)18-16(21-14)13-7-8-20(3)19-13/h7-8,11-12,17H,4-6,9-10H2,1-3H3. The molecule has 5 heteroatoms. The van der Waals surface area contributed by atoms with E-state index in [2.05, 4.69) is 30.3 Å². The number of aromatic nitrogens is 3. The Hall–Kier alpha value is -1.20. The molecule has 0 amide bonds. The summed E-state index contributed by atoms with van der Waals surface area (Å²) in [6.45, 7) is 6.64. The third-order valence-electron chi connectivity index (χ3n) is 3.95. The molecular formula is C16H24N4S. The SMILES string of the molecule is CC(C)CNCC1CCCc2sc(-c3ccn(C)n3)nc21. The molecule has 0 saturated carbocycles. The van der Waals surface area contributed by atoms with E-state index in [0.717, 1.165) is 23.8 Å². The number of aryl methyl sites for hydroxylation is 2. The fourth-order valence-corrected chi connectivity index (χ4v) is 4.05. The highest BCUT2D eigenvalue weighted by atomic mass is 32.1. The fourth-order valence-electron chi connectivity index (χ4n) is 2.89. The van der Waals surface area contributed by atoms with Crippen LogP contribution < -0.4 is 5.32 Å². The topological polar surface area (TPSA) is 42.7 Å². The molecule has 0 radical (unpaired) electrons. The van der Waals surface area contributed by atoms with Crippen molar-refractivity contribution in [1.82, 2.24) is 20.1 Å². The molecule has 2 aromatic heterocycles. The summed E-state index contributed by atoms with van der Waals surface area (Å²) in [5, 5.41) is 9.16. The first kappa shape index (κ1) is 14.7. The molecule has 0 saturated heterocycles. The number of thiazole rings is 1. The van der Waals surface area contributed by atoms with Gasteiger partial charge in [0.25, 0.3) is 0 Å². The van der Waals surface area contributed by atoms with Crippen molar-refractivity contribution in [2.45, 2.75) is 39.0 Å². The normalized spacial score (nSPS) is 18.2. The Bertz CT molecular complexity index is 599. The Morgan fingerprint density at radius 1 is 1.48 bits per heavy atom. The van der Waals surface area contributed by atoms with Gasteiger partial charge in [0.15, 0.2) is 0 Å². The van der Waals surface area contributed by atoms with Crippen molar-refractivity contribution in [2.75, 3.05) is 13.1 Å². The van der Waals surface area contributed by atoms with Crippen LogP contribution in [0.25, 0.3) is 10.7 Å². The number of hydrogen-bond donors (Lipinski definition) is 1. The molecule has 2 aromatic rings. The van der Waals surface area contributed by atoms with Crippen molar-refractivity contribution < 1.29 is 0 Å². The zero-order valence-corrected chi connectivity index (χ0v) is 13.9. The first-order valence-corrected chi connectivity index (χ1v) is 8.65. The largest absolute Gasteiger partial charge is 0.316 e. The maximum atomic E-state index is 4.92. The first-order valence-electron chi connectivity index (χ1n) is 7.84. The Labute approximate surface area is 130 Å². The van der Waals surface area contributed by atoms with Crippen LogP contribution in [0, 0.1) is 5.92 Å². The average Bonchev–Trinajstić information content (AvgIpc) is 3.04. The van der Waals surface area contributed by atoms with E-state index >= 15 is 0 Å². The number of rotatable bonds is 5. The second kappa shape index (κ2) is 6.28. The molecule has 1 atom stereocenters. The molecule has 114 valence electrons. The van der Waals surface area contributed by atoms with Crippen LogP contribution in [-0.2, 0) is 13.5 Å². The Morgan fingerprint density at radius 2 is 2.33 bits per heavy atom. The molecule has 1 aliphatic carbocycles. The lowest BCUT2D eigenvalue weighted by Crippen LogP contribution is -2.27. The molecule has 2 heterocycles. The van der Waals surface area contributed by atoms with Crippen LogP contribution in [-0.4, -0.2) is 27.9 Å². The maximum Gasteiger partial charge on any atom is 0.144 e. The summed E-state index contributed by atoms with van der Waals surface area (Å²) in [6, 6.07) is 2.05. The van der Waals surface area contributed by atoms with Gasteiger partial charge in [-0.1, -0.05) is 13.8 Å². The van der Waals surface area contributed by atoms with Gasteiger partial charge in [0, 0.05) is 30.6 Å². The van der Waals surface area contributed by atoms with E-state index in [1.54, 1.807) is 0 Å². The molecule has 0 aliphatic heterocycles. The van der Waals surface area contributed by atoms with E-state index in [0.29, 0.717) is 11.8 Å². The van der Waals surface area contributed by atoms with Gasteiger partial charge in [-0.2, -0.15) is 5.10 Å². The fraction of sp³-hybridized carbons (Fsp3) is 0.625. The van der Waals surface area contributed by atoms with Crippen molar-refractivity contribution in [3.8, 4) is 10.7 Å². The quantitative estimate of drug-likeness (QED) is 0.922. The summed E-state index contributed by atoms with van der Waals surface area (Å²) in [4.78, 5) is 6.39. The summed E-state index contributed by atoms with van der Waals surface area (Å²) in [5.41, 5.74) is 2.33. The Kier molecular flexibility index (Phi) is 4.40. The van der Waals surface area contributed by atoms with Crippen molar-refractivity contribution >= 4 is 11.3 Å². The highest BCUT2D eigenvalue weighted by Gasteiger charge is 2.25. The van der Waals surface area contributed by atoms with Gasteiger partial charge in [0.1, 0.15) is 10.7 Å². The first-order chi connectivity index (χ1) is 10.1. The van der Waals surface area contributed by atoms with Crippen LogP contribution in [0.2, 0.25) is 0 Å². The third-order valence-corrected chi connectivity index (χ3v) is 5.10. The lowest BCUT2D eigenvalue weighted by atomic mass is 9.91. The summed E-state index contributed by atoms with van der Waals surface area (Å²) in [5.74, 6) is 1.27. The number of fused-ring (bicyclic) bond motifs is 1. The predicted molar refractivity (Wildman–Crippen MR) is 87.7 cm³/mol. The van der Waals surface area contributed by atoms with E-state index in [1.165, 1.54) is 29.8 Å². The molecule has 1 N–H and O–H groups in total. The minimum absolute atomic E-state index is 0.571. The smallest absolute Gasteiger partial charge is 0.144 e. The molecular weight excluding hydrogens is 280 g/mol. The van der Waals surface area contributed by atoms with E-state index in [4.69, 9.17) is 4.98 Å². The molecule has 1 aliphatic rings. The molecule has 21 heavy (non-hydrogen) atoms. The lowest BCUT2D eigenvalue weighted by Gasteiger charge is -2.22. The maximum absolute atomic E-state index is 4.92. The zero-order valence-electron chi connectivity index (χ0n) is 13.1. The Morgan fingerprint density at radius 3 is 3.05 bits per heavy atom. The summed E-state index contributed by atoms with van der Waals surface area (Å²) >= 11 is 1.83.